The molecule has 0 aliphatic carbocycles. The molecule has 6 heteroatoms. The van der Waals surface area contributed by atoms with E-state index in [9.17, 15) is 14.4 Å². The third-order valence-electron chi connectivity index (χ3n) is 4.79. The number of halogens is 1. The highest BCUT2D eigenvalue weighted by Crippen LogP contribution is 2.29. The second-order valence-electron chi connectivity index (χ2n) is 6.59. The number of anilines is 1. The Labute approximate surface area is 157 Å². The van der Waals surface area contributed by atoms with Gasteiger partial charge < -0.3 is 10.2 Å². The van der Waals surface area contributed by atoms with E-state index in [-0.39, 0.29) is 23.5 Å². The lowest BCUT2D eigenvalue weighted by atomic mass is 10.0. The topological polar surface area (TPSA) is 80.0 Å². The summed E-state index contributed by atoms with van der Waals surface area (Å²) in [5.41, 5.74) is 3.16. The Morgan fingerprint density at radius 1 is 1.30 bits per heavy atom. The number of carbonyl (C=O) groups excluding carboxylic acids is 1. The van der Waals surface area contributed by atoms with E-state index in [0.29, 0.717) is 18.5 Å². The monoisotopic (exact) mass is 364 g/mol. The summed E-state index contributed by atoms with van der Waals surface area (Å²) in [6.45, 7) is 3.12. The predicted octanol–water partition coefficient (Wildman–Crippen LogP) is 3.49. The number of hydrogen-bond donors (Lipinski definition) is 2. The summed E-state index contributed by atoms with van der Waals surface area (Å²) in [7, 11) is 0. The zero-order chi connectivity index (χ0) is 19.4. The Kier molecular flexibility index (Phi) is 5.51. The molecule has 1 amide bonds. The van der Waals surface area contributed by atoms with Crippen molar-refractivity contribution in [1.29, 1.82) is 10.7 Å². The fraction of sp³-hybridized carbons (Fsp3) is 0.286. The van der Waals surface area contributed by atoms with Gasteiger partial charge in [0, 0.05) is 19.1 Å². The van der Waals surface area contributed by atoms with Gasteiger partial charge in [0.05, 0.1) is 17.0 Å². The minimum absolute atomic E-state index is 0.0345. The molecule has 1 fully saturated rings. The molecule has 1 aliphatic heterocycles. The molecule has 138 valence electrons. The minimum Gasteiger partial charge on any atom is -0.368 e. The van der Waals surface area contributed by atoms with Crippen LogP contribution in [0.1, 0.15) is 25.3 Å². The van der Waals surface area contributed by atoms with Crippen molar-refractivity contribution in [3.8, 4) is 17.2 Å². The highest BCUT2D eigenvalue weighted by Gasteiger charge is 2.26. The molecule has 2 aromatic carbocycles. The van der Waals surface area contributed by atoms with Crippen LogP contribution in [0.5, 0.6) is 0 Å². The van der Waals surface area contributed by atoms with Crippen molar-refractivity contribution in [2.75, 3.05) is 18.0 Å². The molecule has 1 aliphatic rings. The van der Waals surface area contributed by atoms with Crippen molar-refractivity contribution < 1.29 is 9.18 Å². The minimum atomic E-state index is -0.323. The molecule has 27 heavy (non-hydrogen) atoms. The molecule has 0 unspecified atom stereocenters. The molecule has 0 radical (unpaired) electrons. The first-order chi connectivity index (χ1) is 13.0. The summed E-state index contributed by atoms with van der Waals surface area (Å²) in [4.78, 5) is 14.0. The molecule has 0 spiro atoms. The van der Waals surface area contributed by atoms with E-state index in [2.05, 4.69) is 16.3 Å². The first-order valence-electron chi connectivity index (χ1n) is 8.95. The van der Waals surface area contributed by atoms with E-state index in [1.165, 1.54) is 12.1 Å². The Hall–Kier alpha value is -3.20. The van der Waals surface area contributed by atoms with Crippen LogP contribution in [-0.4, -0.2) is 30.8 Å². The standard InChI is InChI=1S/C21H21FN4O/c1-2-19(24)21(27)25-18-9-10-26(13-18)20-8-5-15(11-16(20)12-23)14-3-6-17(22)7-4-14/h3-8,11,18,24H,2,9-10,13H2,1H3,(H,25,27)/t18-/m0/s1. The van der Waals surface area contributed by atoms with E-state index in [0.717, 1.165) is 29.8 Å². The summed E-state index contributed by atoms with van der Waals surface area (Å²) in [5.74, 6) is -0.617. The van der Waals surface area contributed by atoms with Crippen molar-refractivity contribution in [1.82, 2.24) is 5.32 Å². The fourth-order valence-electron chi connectivity index (χ4n) is 3.25. The molecule has 1 atom stereocenters. The molecule has 3 rings (SSSR count). The molecule has 0 aromatic heterocycles. The molecule has 2 N–H and O–H groups in total. The van der Waals surface area contributed by atoms with Gasteiger partial charge in [-0.25, -0.2) is 4.39 Å². The van der Waals surface area contributed by atoms with Crippen molar-refractivity contribution in [2.24, 2.45) is 0 Å². The summed E-state index contributed by atoms with van der Waals surface area (Å²) in [5, 5.41) is 20.1. The van der Waals surface area contributed by atoms with Crippen LogP contribution in [0.25, 0.3) is 11.1 Å². The number of nitrogens with zero attached hydrogens (tertiary/aromatic N) is 2. The summed E-state index contributed by atoms with van der Waals surface area (Å²) >= 11 is 0. The Bertz CT molecular complexity index is 901. The van der Waals surface area contributed by atoms with Gasteiger partial charge in [-0.3, -0.25) is 10.2 Å². The zero-order valence-corrected chi connectivity index (χ0v) is 15.1. The van der Waals surface area contributed by atoms with Crippen LogP contribution in [0.3, 0.4) is 0 Å². The molecule has 1 saturated heterocycles. The predicted molar refractivity (Wildman–Crippen MR) is 103 cm³/mol. The second kappa shape index (κ2) is 8.00. The van der Waals surface area contributed by atoms with Gasteiger partial charge in [-0.15, -0.1) is 0 Å². The highest BCUT2D eigenvalue weighted by molar-refractivity contribution is 6.37. The van der Waals surface area contributed by atoms with Gasteiger partial charge in [-0.2, -0.15) is 5.26 Å². The Balaban J connectivity index is 1.76. The summed E-state index contributed by atoms with van der Waals surface area (Å²) < 4.78 is 13.1. The van der Waals surface area contributed by atoms with Gasteiger partial charge in [0.15, 0.2) is 0 Å². The van der Waals surface area contributed by atoms with Crippen LogP contribution >= 0.6 is 0 Å². The van der Waals surface area contributed by atoms with Crippen molar-refractivity contribution >= 4 is 17.3 Å². The van der Waals surface area contributed by atoms with Crippen LogP contribution in [0.15, 0.2) is 42.5 Å². The average Bonchev–Trinajstić information content (AvgIpc) is 3.15. The van der Waals surface area contributed by atoms with E-state index < -0.39 is 0 Å². The normalized spacial score (nSPS) is 16.0. The smallest absolute Gasteiger partial charge is 0.265 e. The van der Waals surface area contributed by atoms with Gasteiger partial charge in [0.25, 0.3) is 5.91 Å². The third kappa shape index (κ3) is 4.14. The van der Waals surface area contributed by atoms with E-state index in [1.54, 1.807) is 25.1 Å². The van der Waals surface area contributed by atoms with E-state index in [4.69, 9.17) is 5.41 Å². The SMILES string of the molecule is CCC(=N)C(=O)N[C@H]1CCN(c2ccc(-c3ccc(F)cc3)cc2C#N)C1. The lowest BCUT2D eigenvalue weighted by molar-refractivity contribution is -0.115. The van der Waals surface area contributed by atoms with E-state index >= 15 is 0 Å². The van der Waals surface area contributed by atoms with Crippen LogP contribution in [0.2, 0.25) is 0 Å². The zero-order valence-electron chi connectivity index (χ0n) is 15.1. The first-order valence-corrected chi connectivity index (χ1v) is 8.95. The number of hydrogen-bond acceptors (Lipinski definition) is 4. The molecular formula is C21H21FN4O. The Morgan fingerprint density at radius 2 is 2.00 bits per heavy atom. The molecular weight excluding hydrogens is 343 g/mol. The van der Waals surface area contributed by atoms with Gasteiger partial charge in [-0.05, 0) is 48.2 Å². The molecule has 0 bridgehead atoms. The van der Waals surface area contributed by atoms with Crippen molar-refractivity contribution in [3.63, 3.8) is 0 Å². The maximum atomic E-state index is 13.1. The lowest BCUT2D eigenvalue weighted by Gasteiger charge is -2.21. The number of amides is 1. The van der Waals surface area contributed by atoms with Gasteiger partial charge >= 0.3 is 0 Å². The molecule has 2 aromatic rings. The van der Waals surface area contributed by atoms with Gasteiger partial charge in [0.1, 0.15) is 11.9 Å². The maximum Gasteiger partial charge on any atom is 0.265 e. The highest BCUT2D eigenvalue weighted by atomic mass is 19.1. The van der Waals surface area contributed by atoms with Gasteiger partial charge in [-0.1, -0.05) is 25.1 Å². The number of nitrogens with one attached hydrogen (secondary N) is 2. The maximum absolute atomic E-state index is 13.1. The average molecular weight is 364 g/mol. The second-order valence-corrected chi connectivity index (χ2v) is 6.59. The third-order valence-corrected chi connectivity index (χ3v) is 4.79. The van der Waals surface area contributed by atoms with Gasteiger partial charge in [0.2, 0.25) is 0 Å². The molecule has 5 nitrogen and oxygen atoms in total. The number of nitriles is 1. The first kappa shape index (κ1) is 18.6. The quantitative estimate of drug-likeness (QED) is 0.797. The molecule has 0 saturated carbocycles. The van der Waals surface area contributed by atoms with Crippen molar-refractivity contribution in [2.45, 2.75) is 25.8 Å². The summed E-state index contributed by atoms with van der Waals surface area (Å²) in [6.07, 6.45) is 1.18. The Morgan fingerprint density at radius 3 is 2.67 bits per heavy atom. The largest absolute Gasteiger partial charge is 0.368 e. The summed E-state index contributed by atoms with van der Waals surface area (Å²) in [6, 6.07) is 14.0. The lowest BCUT2D eigenvalue weighted by Crippen LogP contribution is -2.40. The number of rotatable bonds is 5. The van der Waals surface area contributed by atoms with Crippen molar-refractivity contribution in [3.05, 3.63) is 53.8 Å². The van der Waals surface area contributed by atoms with Crippen LogP contribution in [0, 0.1) is 22.6 Å². The number of benzene rings is 2. The fourth-order valence-corrected chi connectivity index (χ4v) is 3.25. The number of carbonyl (C=O) groups is 1. The van der Waals surface area contributed by atoms with E-state index in [1.807, 2.05) is 12.1 Å². The van der Waals surface area contributed by atoms with Crippen LogP contribution < -0.4 is 10.2 Å². The molecule has 1 heterocycles. The van der Waals surface area contributed by atoms with Crippen LogP contribution in [0.4, 0.5) is 10.1 Å². The van der Waals surface area contributed by atoms with Crippen LogP contribution in [-0.2, 0) is 4.79 Å².